The molecule has 9 heteroatoms. The maximum absolute atomic E-state index is 13.1. The van der Waals surface area contributed by atoms with E-state index in [4.69, 9.17) is 9.47 Å². The van der Waals surface area contributed by atoms with Gasteiger partial charge in [-0.3, -0.25) is 14.3 Å². The number of aryl methyl sites for hydroxylation is 3. The first-order valence-electron chi connectivity index (χ1n) is 10.9. The Morgan fingerprint density at radius 2 is 1.90 bits per heavy atom. The molecule has 2 amide bonds. The van der Waals surface area contributed by atoms with E-state index in [2.05, 4.69) is 20.7 Å². The molecule has 2 aromatic rings. The summed E-state index contributed by atoms with van der Waals surface area (Å²) in [5.41, 5.74) is 2.90. The first-order chi connectivity index (χ1) is 14.9. The van der Waals surface area contributed by atoms with Gasteiger partial charge in [-0.2, -0.15) is 5.10 Å². The van der Waals surface area contributed by atoms with Crippen molar-refractivity contribution in [1.82, 2.24) is 25.4 Å². The zero-order valence-electron chi connectivity index (χ0n) is 18.6. The van der Waals surface area contributed by atoms with Crippen molar-refractivity contribution in [3.63, 3.8) is 0 Å². The zero-order valence-corrected chi connectivity index (χ0v) is 18.6. The van der Waals surface area contributed by atoms with Gasteiger partial charge in [-0.05, 0) is 45.6 Å². The molecule has 0 radical (unpaired) electrons. The minimum absolute atomic E-state index is 0.0401. The van der Waals surface area contributed by atoms with Gasteiger partial charge in [0.1, 0.15) is 6.10 Å². The quantitative estimate of drug-likeness (QED) is 0.744. The van der Waals surface area contributed by atoms with Crippen molar-refractivity contribution in [3.05, 3.63) is 23.0 Å². The van der Waals surface area contributed by atoms with E-state index >= 15 is 0 Å². The second-order valence-electron chi connectivity index (χ2n) is 8.67. The van der Waals surface area contributed by atoms with E-state index in [0.29, 0.717) is 24.4 Å². The first-order valence-corrected chi connectivity index (χ1v) is 10.9. The van der Waals surface area contributed by atoms with Gasteiger partial charge in [0, 0.05) is 31.8 Å². The highest BCUT2D eigenvalue weighted by Gasteiger charge is 2.33. The largest absolute Gasteiger partial charge is 0.377 e. The Morgan fingerprint density at radius 3 is 2.61 bits per heavy atom. The Balaban J connectivity index is 1.36. The summed E-state index contributed by atoms with van der Waals surface area (Å²) in [6, 6.07) is 1.79. The summed E-state index contributed by atoms with van der Waals surface area (Å²) in [6.45, 7) is 4.77. The smallest absolute Gasteiger partial charge is 0.252 e. The number of methoxy groups -OCH3 is 1. The molecule has 2 aliphatic rings. The Hall–Kier alpha value is -2.52. The lowest BCUT2D eigenvalue weighted by Gasteiger charge is -2.29. The maximum atomic E-state index is 13.1. The highest BCUT2D eigenvalue weighted by atomic mass is 16.5. The second-order valence-corrected chi connectivity index (χ2v) is 8.67. The molecule has 1 saturated heterocycles. The third-order valence-electron chi connectivity index (χ3n) is 6.43. The number of aromatic nitrogens is 3. The number of pyridine rings is 1. The number of carbonyl (C=O) groups is 2. The molecule has 2 aromatic heterocycles. The summed E-state index contributed by atoms with van der Waals surface area (Å²) in [4.78, 5) is 30.3. The van der Waals surface area contributed by atoms with Crippen molar-refractivity contribution in [3.8, 4) is 0 Å². The van der Waals surface area contributed by atoms with Crippen LogP contribution in [-0.2, 0) is 21.3 Å². The standard InChI is InChI=1S/C22H31N5O4/c1-12-9-16(19-13(2)26-27(3)20(19)23-12)22(29)24-15-7-5-14(6-8-15)21(28)25-17-10-31-11-18(17)30-4/h9,14-15,17-18H,5-8,10-11H2,1-4H3,(H,24,29)(H,25,28)/t14?,15?,17-,18-/m0/s1. The minimum Gasteiger partial charge on any atom is -0.377 e. The van der Waals surface area contributed by atoms with E-state index in [0.717, 1.165) is 42.5 Å². The molecule has 0 spiro atoms. The summed E-state index contributed by atoms with van der Waals surface area (Å²) >= 11 is 0. The number of hydrogen-bond donors (Lipinski definition) is 2. The van der Waals surface area contributed by atoms with Crippen LogP contribution in [0.15, 0.2) is 6.07 Å². The lowest BCUT2D eigenvalue weighted by Crippen LogP contribution is -2.47. The summed E-state index contributed by atoms with van der Waals surface area (Å²) in [5, 5.41) is 11.5. The van der Waals surface area contributed by atoms with Gasteiger partial charge < -0.3 is 20.1 Å². The molecule has 1 aliphatic carbocycles. The Kier molecular flexibility index (Phi) is 6.24. The first kappa shape index (κ1) is 21.7. The van der Waals surface area contributed by atoms with Crippen LogP contribution in [0.1, 0.15) is 47.4 Å². The van der Waals surface area contributed by atoms with E-state index in [-0.39, 0.29) is 35.9 Å². The van der Waals surface area contributed by atoms with Crippen LogP contribution < -0.4 is 10.6 Å². The van der Waals surface area contributed by atoms with Crippen molar-refractivity contribution in [2.75, 3.05) is 20.3 Å². The van der Waals surface area contributed by atoms with Gasteiger partial charge in [0.05, 0.1) is 35.9 Å². The number of ether oxygens (including phenoxy) is 2. The Bertz CT molecular complexity index is 980. The van der Waals surface area contributed by atoms with Crippen LogP contribution in [0, 0.1) is 19.8 Å². The van der Waals surface area contributed by atoms with Crippen LogP contribution >= 0.6 is 0 Å². The van der Waals surface area contributed by atoms with Crippen molar-refractivity contribution < 1.29 is 19.1 Å². The molecule has 4 rings (SSSR count). The fourth-order valence-corrected chi connectivity index (χ4v) is 4.71. The van der Waals surface area contributed by atoms with Crippen molar-refractivity contribution >= 4 is 22.8 Å². The third-order valence-corrected chi connectivity index (χ3v) is 6.43. The normalized spacial score (nSPS) is 26.2. The van der Waals surface area contributed by atoms with E-state index in [9.17, 15) is 9.59 Å². The predicted molar refractivity (Wildman–Crippen MR) is 115 cm³/mol. The van der Waals surface area contributed by atoms with Crippen molar-refractivity contribution in [2.45, 2.75) is 57.7 Å². The molecule has 2 N–H and O–H groups in total. The van der Waals surface area contributed by atoms with Gasteiger partial charge in [-0.1, -0.05) is 0 Å². The second kappa shape index (κ2) is 8.92. The average Bonchev–Trinajstić information content (AvgIpc) is 3.31. The minimum atomic E-state index is -0.106. The third kappa shape index (κ3) is 4.43. The number of rotatable bonds is 5. The van der Waals surface area contributed by atoms with Crippen LogP contribution in [0.25, 0.3) is 11.0 Å². The maximum Gasteiger partial charge on any atom is 0.252 e. The number of amides is 2. The van der Waals surface area contributed by atoms with Gasteiger partial charge >= 0.3 is 0 Å². The molecule has 31 heavy (non-hydrogen) atoms. The molecule has 168 valence electrons. The molecular weight excluding hydrogens is 398 g/mol. The van der Waals surface area contributed by atoms with Gasteiger partial charge in [-0.25, -0.2) is 4.98 Å². The fourth-order valence-electron chi connectivity index (χ4n) is 4.71. The summed E-state index contributed by atoms with van der Waals surface area (Å²) in [7, 11) is 3.47. The highest BCUT2D eigenvalue weighted by Crippen LogP contribution is 2.27. The predicted octanol–water partition coefficient (Wildman–Crippen LogP) is 1.40. The van der Waals surface area contributed by atoms with Gasteiger partial charge in [0.2, 0.25) is 5.91 Å². The molecule has 2 atom stereocenters. The number of fused-ring (bicyclic) bond motifs is 1. The number of hydrogen-bond acceptors (Lipinski definition) is 6. The van der Waals surface area contributed by atoms with Crippen molar-refractivity contribution in [1.29, 1.82) is 0 Å². The molecule has 0 aromatic carbocycles. The molecule has 0 unspecified atom stereocenters. The summed E-state index contributed by atoms with van der Waals surface area (Å²) in [6.07, 6.45) is 2.96. The summed E-state index contributed by atoms with van der Waals surface area (Å²) < 4.78 is 12.5. The number of carbonyl (C=O) groups excluding carboxylic acids is 2. The van der Waals surface area contributed by atoms with E-state index < -0.39 is 0 Å². The van der Waals surface area contributed by atoms with Gasteiger partial charge in [-0.15, -0.1) is 0 Å². The Labute approximate surface area is 181 Å². The van der Waals surface area contributed by atoms with Gasteiger partial charge in [0.15, 0.2) is 5.65 Å². The number of nitrogens with zero attached hydrogens (tertiary/aromatic N) is 3. The summed E-state index contributed by atoms with van der Waals surface area (Å²) in [5.74, 6) is -0.0907. The van der Waals surface area contributed by atoms with E-state index in [1.54, 1.807) is 11.8 Å². The van der Waals surface area contributed by atoms with Crippen LogP contribution in [0.5, 0.6) is 0 Å². The zero-order chi connectivity index (χ0) is 22.1. The molecule has 3 heterocycles. The van der Waals surface area contributed by atoms with Crippen molar-refractivity contribution in [2.24, 2.45) is 13.0 Å². The van der Waals surface area contributed by atoms with Crippen LogP contribution in [-0.4, -0.2) is 65.1 Å². The lowest BCUT2D eigenvalue weighted by molar-refractivity contribution is -0.127. The monoisotopic (exact) mass is 429 g/mol. The molecule has 1 saturated carbocycles. The van der Waals surface area contributed by atoms with Gasteiger partial charge in [0.25, 0.3) is 5.91 Å². The van der Waals surface area contributed by atoms with Crippen LogP contribution in [0.3, 0.4) is 0 Å². The fraction of sp³-hybridized carbons (Fsp3) is 0.636. The lowest BCUT2D eigenvalue weighted by atomic mass is 9.85. The average molecular weight is 430 g/mol. The molecular formula is C22H31N5O4. The topological polar surface area (TPSA) is 107 Å². The highest BCUT2D eigenvalue weighted by molar-refractivity contribution is 6.06. The van der Waals surface area contributed by atoms with E-state index in [1.165, 1.54) is 0 Å². The van der Waals surface area contributed by atoms with Crippen LogP contribution in [0.2, 0.25) is 0 Å². The SMILES string of the molecule is CO[C@H]1COC[C@@H]1NC(=O)C1CCC(NC(=O)c2cc(C)nc3c2c(C)nn3C)CC1. The molecule has 2 fully saturated rings. The van der Waals surface area contributed by atoms with Crippen LogP contribution in [0.4, 0.5) is 0 Å². The van der Waals surface area contributed by atoms with E-state index in [1.807, 2.05) is 27.0 Å². The molecule has 9 nitrogen and oxygen atoms in total. The molecule has 0 bridgehead atoms. The Morgan fingerprint density at radius 1 is 1.16 bits per heavy atom. The number of nitrogens with one attached hydrogen (secondary N) is 2. The molecule has 1 aliphatic heterocycles.